The molecule has 11 heteroatoms. The fourth-order valence-electron chi connectivity index (χ4n) is 4.58. The van der Waals surface area contributed by atoms with Crippen molar-refractivity contribution >= 4 is 43.8 Å². The van der Waals surface area contributed by atoms with Crippen LogP contribution in [0.15, 0.2) is 27.7 Å². The first-order valence-electron chi connectivity index (χ1n) is 10.9. The number of halogens is 1. The van der Waals surface area contributed by atoms with Crippen LogP contribution in [0.1, 0.15) is 49.4 Å². The molecule has 0 spiro atoms. The average molecular weight is 496 g/mol. The second-order valence-electron chi connectivity index (χ2n) is 8.84. The van der Waals surface area contributed by atoms with Crippen LogP contribution in [0, 0.1) is 0 Å². The molecule has 2 aromatic rings. The van der Waals surface area contributed by atoms with Crippen molar-refractivity contribution < 1.29 is 13.5 Å². The van der Waals surface area contributed by atoms with Crippen LogP contribution in [-0.2, 0) is 26.9 Å². The monoisotopic (exact) mass is 495 g/mol. The molecule has 1 aliphatic carbocycles. The number of hydrogen-bond donors (Lipinski definition) is 2. The zero-order valence-electron chi connectivity index (χ0n) is 17.6. The smallest absolute Gasteiger partial charge is 0.164 e. The van der Waals surface area contributed by atoms with Crippen molar-refractivity contribution in [1.29, 1.82) is 0 Å². The molecular weight excluding hydrogens is 470 g/mol. The standard InChI is InChI=1S/C21H26ClN5O3S2/c22-16-11-23-19(24-12-16)14-3-8-32(30,9-4-14)27-17-10-15-2-7-31(29)18(15)20(25-17)26-21(13-28)5-1-6-21/h10-12,14,28H,1-9,13H2,(H,25,26). The van der Waals surface area contributed by atoms with Gasteiger partial charge in [0.1, 0.15) is 11.6 Å². The zero-order chi connectivity index (χ0) is 22.3. The molecule has 5 rings (SSSR count). The number of anilines is 1. The third-order valence-corrected chi connectivity index (χ3v) is 10.6. The summed E-state index contributed by atoms with van der Waals surface area (Å²) in [6, 6.07) is 1.83. The Morgan fingerprint density at radius 2 is 2.00 bits per heavy atom. The SMILES string of the molecule is O=S1CCc2cc(N=S3(=O)CCC(c4ncc(Cl)cn4)CC3)nc(NC3(CO)CCC3)c21. The Bertz CT molecular complexity index is 1160. The Morgan fingerprint density at radius 3 is 2.62 bits per heavy atom. The highest BCUT2D eigenvalue weighted by molar-refractivity contribution is 7.93. The molecule has 4 heterocycles. The van der Waals surface area contributed by atoms with E-state index in [0.717, 1.165) is 30.7 Å². The summed E-state index contributed by atoms with van der Waals surface area (Å²) in [7, 11) is -3.57. The van der Waals surface area contributed by atoms with Gasteiger partial charge >= 0.3 is 0 Å². The summed E-state index contributed by atoms with van der Waals surface area (Å²) in [5.41, 5.74) is 0.531. The Kier molecular flexibility index (Phi) is 5.98. The number of nitrogens with zero attached hydrogens (tertiary/aromatic N) is 4. The molecule has 172 valence electrons. The van der Waals surface area contributed by atoms with Gasteiger partial charge in [-0.3, -0.25) is 4.21 Å². The van der Waals surface area contributed by atoms with E-state index in [1.807, 2.05) is 6.07 Å². The van der Waals surface area contributed by atoms with Gasteiger partial charge in [0.15, 0.2) is 5.82 Å². The van der Waals surface area contributed by atoms with E-state index in [-0.39, 0.29) is 12.5 Å². The molecule has 2 aliphatic heterocycles. The molecule has 8 nitrogen and oxygen atoms in total. The first-order chi connectivity index (χ1) is 15.4. The fraction of sp³-hybridized carbons (Fsp3) is 0.571. The molecular formula is C21H26ClN5O3S2. The lowest BCUT2D eigenvalue weighted by Crippen LogP contribution is -2.48. The number of aryl methyl sites for hydroxylation is 1. The van der Waals surface area contributed by atoms with Crippen molar-refractivity contribution in [3.63, 3.8) is 0 Å². The number of aromatic nitrogens is 3. The topological polar surface area (TPSA) is 117 Å². The molecule has 1 atom stereocenters. The van der Waals surface area contributed by atoms with Gasteiger partial charge in [0.2, 0.25) is 0 Å². The number of aliphatic hydroxyl groups is 1. The molecule has 3 aliphatic rings. The van der Waals surface area contributed by atoms with Gasteiger partial charge in [0.05, 0.1) is 42.6 Å². The largest absolute Gasteiger partial charge is 0.394 e. The lowest BCUT2D eigenvalue weighted by atomic mass is 9.77. The maximum atomic E-state index is 13.5. The first-order valence-corrected chi connectivity index (χ1v) is 14.4. The third-order valence-electron chi connectivity index (χ3n) is 6.65. The van der Waals surface area contributed by atoms with E-state index in [1.165, 1.54) is 0 Å². The van der Waals surface area contributed by atoms with Gasteiger partial charge in [-0.15, -0.1) is 0 Å². The maximum Gasteiger partial charge on any atom is 0.164 e. The lowest BCUT2D eigenvalue weighted by Gasteiger charge is -2.41. The maximum absolute atomic E-state index is 13.5. The minimum atomic E-state index is -2.45. The molecule has 2 fully saturated rings. The van der Waals surface area contributed by atoms with E-state index >= 15 is 0 Å². The van der Waals surface area contributed by atoms with Gasteiger partial charge in [-0.1, -0.05) is 11.6 Å². The van der Waals surface area contributed by atoms with Crippen LogP contribution in [0.4, 0.5) is 11.6 Å². The zero-order valence-corrected chi connectivity index (χ0v) is 20.0. The van der Waals surface area contributed by atoms with E-state index in [1.54, 1.807) is 12.4 Å². The van der Waals surface area contributed by atoms with Gasteiger partial charge in [0.25, 0.3) is 0 Å². The summed E-state index contributed by atoms with van der Waals surface area (Å²) in [5.74, 6) is 3.29. The number of nitrogens with one attached hydrogen (secondary N) is 1. The minimum Gasteiger partial charge on any atom is -0.394 e. The lowest BCUT2D eigenvalue weighted by molar-refractivity contribution is 0.143. The van der Waals surface area contributed by atoms with E-state index in [9.17, 15) is 13.5 Å². The van der Waals surface area contributed by atoms with Crippen LogP contribution < -0.4 is 5.32 Å². The van der Waals surface area contributed by atoms with Gasteiger partial charge in [-0.2, -0.15) is 4.36 Å². The van der Waals surface area contributed by atoms with Crippen molar-refractivity contribution in [1.82, 2.24) is 15.0 Å². The van der Waals surface area contributed by atoms with Gasteiger partial charge < -0.3 is 10.4 Å². The van der Waals surface area contributed by atoms with Gasteiger partial charge in [-0.25, -0.2) is 19.2 Å². The normalized spacial score (nSPS) is 28.6. The summed E-state index contributed by atoms with van der Waals surface area (Å²) in [6.45, 7) is 0.00234. The number of fused-ring (bicyclic) bond motifs is 1. The second kappa shape index (κ2) is 8.62. The van der Waals surface area contributed by atoms with Crippen LogP contribution in [0.2, 0.25) is 5.02 Å². The van der Waals surface area contributed by atoms with Crippen LogP contribution in [-0.4, -0.2) is 57.9 Å². The highest BCUT2D eigenvalue weighted by Crippen LogP contribution is 2.39. The predicted molar refractivity (Wildman–Crippen MR) is 125 cm³/mol. The van der Waals surface area contributed by atoms with E-state index < -0.39 is 26.1 Å². The van der Waals surface area contributed by atoms with Crippen LogP contribution in [0.5, 0.6) is 0 Å². The Balaban J connectivity index is 1.41. The Hall–Kier alpha value is -1.62. The summed E-state index contributed by atoms with van der Waals surface area (Å²) in [6.07, 6.45) is 7.98. The second-order valence-corrected chi connectivity index (χ2v) is 13.3. The molecule has 32 heavy (non-hydrogen) atoms. The van der Waals surface area contributed by atoms with E-state index in [4.69, 9.17) is 11.6 Å². The van der Waals surface area contributed by atoms with Gasteiger partial charge in [0, 0.05) is 35.6 Å². The Morgan fingerprint density at radius 1 is 1.28 bits per heavy atom. The summed E-state index contributed by atoms with van der Waals surface area (Å²) in [5, 5.41) is 13.7. The summed E-state index contributed by atoms with van der Waals surface area (Å²) in [4.78, 5) is 14.0. The molecule has 1 saturated heterocycles. The van der Waals surface area contributed by atoms with Crippen molar-refractivity contribution in [2.24, 2.45) is 4.36 Å². The van der Waals surface area contributed by atoms with E-state index in [0.29, 0.717) is 58.1 Å². The molecule has 0 bridgehead atoms. The molecule has 0 radical (unpaired) electrons. The highest BCUT2D eigenvalue weighted by Gasteiger charge is 2.38. The van der Waals surface area contributed by atoms with Crippen LogP contribution in [0.25, 0.3) is 0 Å². The van der Waals surface area contributed by atoms with Crippen molar-refractivity contribution in [3.05, 3.63) is 34.9 Å². The molecule has 2 aromatic heterocycles. The number of pyridine rings is 1. The molecule has 2 N–H and O–H groups in total. The quantitative estimate of drug-likeness (QED) is 0.653. The minimum absolute atomic E-state index is 0.00234. The number of rotatable bonds is 5. The van der Waals surface area contributed by atoms with Crippen molar-refractivity contribution in [2.75, 3.05) is 29.2 Å². The van der Waals surface area contributed by atoms with Gasteiger partial charge in [-0.05, 0) is 50.2 Å². The van der Waals surface area contributed by atoms with Crippen molar-refractivity contribution in [2.45, 2.75) is 54.9 Å². The van der Waals surface area contributed by atoms with Crippen molar-refractivity contribution in [3.8, 4) is 0 Å². The predicted octanol–water partition coefficient (Wildman–Crippen LogP) is 3.19. The highest BCUT2D eigenvalue weighted by atomic mass is 35.5. The fourth-order valence-corrected chi connectivity index (χ4v) is 8.18. The number of hydrogen-bond acceptors (Lipinski definition) is 8. The Labute approximate surface area is 195 Å². The van der Waals surface area contributed by atoms with Crippen LogP contribution >= 0.6 is 11.6 Å². The summed E-state index contributed by atoms with van der Waals surface area (Å²) >= 11 is 5.88. The van der Waals surface area contributed by atoms with E-state index in [2.05, 4.69) is 24.6 Å². The third kappa shape index (κ3) is 4.30. The number of aliphatic hydroxyl groups excluding tert-OH is 1. The van der Waals surface area contributed by atoms with Crippen LogP contribution in [0.3, 0.4) is 0 Å². The molecule has 1 unspecified atom stereocenters. The molecule has 1 saturated carbocycles. The average Bonchev–Trinajstić information content (AvgIpc) is 3.12. The molecule has 0 aromatic carbocycles. The summed E-state index contributed by atoms with van der Waals surface area (Å²) < 4.78 is 30.7. The molecule has 0 amide bonds. The first kappa shape index (κ1) is 22.2.